The molecular weight excluding hydrogens is 304 g/mol. The summed E-state index contributed by atoms with van der Waals surface area (Å²) in [5.74, 6) is -1.00. The van der Waals surface area contributed by atoms with E-state index in [0.717, 1.165) is 16.3 Å². The van der Waals surface area contributed by atoms with E-state index in [1.54, 1.807) is 0 Å². The fourth-order valence-electron chi connectivity index (χ4n) is 2.73. The molecule has 2 aromatic carbocycles. The van der Waals surface area contributed by atoms with Crippen molar-refractivity contribution in [3.05, 3.63) is 48.0 Å². The second kappa shape index (κ2) is 7.93. The minimum absolute atomic E-state index is 0.177. The second-order valence-electron chi connectivity index (χ2n) is 6.45. The van der Waals surface area contributed by atoms with Gasteiger partial charge in [-0.2, -0.15) is 0 Å². The lowest BCUT2D eigenvalue weighted by Gasteiger charge is -2.19. The van der Waals surface area contributed by atoms with Gasteiger partial charge in [0.1, 0.15) is 12.1 Å². The number of nitrogens with two attached hydrogens (primary N) is 1. The standard InChI is InChI=1S/C19H24N2O3/c1-12(2)10-17(22)19(24)21-16(18(20)23)11-14-8-5-7-13-6-3-4-9-15(13)14/h3-9,12,16-17,22H,10-11H2,1-2H3,(H2,20,23)(H,21,24)/t16-,17-/m0/s1. The molecule has 0 saturated heterocycles. The van der Waals surface area contributed by atoms with Gasteiger partial charge in [-0.05, 0) is 28.7 Å². The Morgan fingerprint density at radius 1 is 1.12 bits per heavy atom. The zero-order valence-electron chi connectivity index (χ0n) is 14.0. The Balaban J connectivity index is 2.16. The first-order valence-electron chi connectivity index (χ1n) is 8.13. The van der Waals surface area contributed by atoms with Crippen molar-refractivity contribution < 1.29 is 14.7 Å². The van der Waals surface area contributed by atoms with Crippen LogP contribution < -0.4 is 11.1 Å². The number of benzene rings is 2. The Labute approximate surface area is 141 Å². The highest BCUT2D eigenvalue weighted by atomic mass is 16.3. The number of primary amides is 1. The molecule has 2 atom stereocenters. The molecule has 0 spiro atoms. The van der Waals surface area contributed by atoms with Crippen LogP contribution in [-0.4, -0.2) is 29.1 Å². The number of aliphatic hydroxyl groups is 1. The van der Waals surface area contributed by atoms with Crippen LogP contribution in [0.25, 0.3) is 10.8 Å². The minimum atomic E-state index is -1.14. The second-order valence-corrected chi connectivity index (χ2v) is 6.45. The molecule has 0 radical (unpaired) electrons. The molecule has 5 heteroatoms. The van der Waals surface area contributed by atoms with E-state index >= 15 is 0 Å². The van der Waals surface area contributed by atoms with Crippen LogP contribution in [0.5, 0.6) is 0 Å². The van der Waals surface area contributed by atoms with Crippen LogP contribution in [0, 0.1) is 5.92 Å². The number of hydrogen-bond donors (Lipinski definition) is 3. The number of fused-ring (bicyclic) bond motifs is 1. The topological polar surface area (TPSA) is 92.4 Å². The molecule has 2 amide bonds. The summed E-state index contributed by atoms with van der Waals surface area (Å²) in [4.78, 5) is 23.8. The molecule has 0 saturated carbocycles. The van der Waals surface area contributed by atoms with E-state index in [1.807, 2.05) is 56.3 Å². The molecule has 0 unspecified atom stereocenters. The molecule has 2 rings (SSSR count). The summed E-state index contributed by atoms with van der Waals surface area (Å²) in [6.45, 7) is 3.83. The summed E-state index contributed by atoms with van der Waals surface area (Å²) in [5.41, 5.74) is 6.37. The lowest BCUT2D eigenvalue weighted by molar-refractivity contribution is -0.133. The number of rotatable bonds is 7. The molecule has 0 aliphatic heterocycles. The first kappa shape index (κ1) is 17.9. The Morgan fingerprint density at radius 2 is 1.79 bits per heavy atom. The largest absolute Gasteiger partial charge is 0.383 e. The summed E-state index contributed by atoms with van der Waals surface area (Å²) in [7, 11) is 0. The number of carbonyl (C=O) groups is 2. The molecule has 0 fully saturated rings. The fraction of sp³-hybridized carbons (Fsp3) is 0.368. The quantitative estimate of drug-likeness (QED) is 0.723. The molecule has 4 N–H and O–H groups in total. The van der Waals surface area contributed by atoms with Crippen LogP contribution >= 0.6 is 0 Å². The zero-order valence-corrected chi connectivity index (χ0v) is 14.0. The van der Waals surface area contributed by atoms with Crippen molar-refractivity contribution in [2.45, 2.75) is 38.8 Å². The average molecular weight is 328 g/mol. The van der Waals surface area contributed by atoms with Gasteiger partial charge in [0.25, 0.3) is 0 Å². The monoisotopic (exact) mass is 328 g/mol. The minimum Gasteiger partial charge on any atom is -0.383 e. The van der Waals surface area contributed by atoms with Gasteiger partial charge in [-0.1, -0.05) is 56.3 Å². The third kappa shape index (κ3) is 4.55. The molecule has 128 valence electrons. The smallest absolute Gasteiger partial charge is 0.249 e. The van der Waals surface area contributed by atoms with Crippen LogP contribution in [0.3, 0.4) is 0 Å². The molecule has 0 aliphatic carbocycles. The summed E-state index contributed by atoms with van der Waals surface area (Å²) >= 11 is 0. The molecule has 2 aromatic rings. The summed E-state index contributed by atoms with van der Waals surface area (Å²) in [5, 5.41) is 14.5. The van der Waals surface area contributed by atoms with Crippen molar-refractivity contribution in [2.24, 2.45) is 11.7 Å². The summed E-state index contributed by atoms with van der Waals surface area (Å²) in [6.07, 6.45) is -0.512. The third-order valence-electron chi connectivity index (χ3n) is 3.96. The lowest BCUT2D eigenvalue weighted by atomic mass is 9.98. The van der Waals surface area contributed by atoms with Gasteiger partial charge in [0.05, 0.1) is 0 Å². The maximum absolute atomic E-state index is 12.1. The van der Waals surface area contributed by atoms with Crippen molar-refractivity contribution in [3.8, 4) is 0 Å². The van der Waals surface area contributed by atoms with Crippen molar-refractivity contribution in [2.75, 3.05) is 0 Å². The van der Waals surface area contributed by atoms with Crippen LogP contribution in [0.15, 0.2) is 42.5 Å². The summed E-state index contributed by atoms with van der Waals surface area (Å²) < 4.78 is 0. The highest BCUT2D eigenvalue weighted by molar-refractivity contribution is 5.90. The van der Waals surface area contributed by atoms with Gasteiger partial charge >= 0.3 is 0 Å². The van der Waals surface area contributed by atoms with Crippen LogP contribution in [0.1, 0.15) is 25.8 Å². The molecule has 0 aliphatic rings. The van der Waals surface area contributed by atoms with Crippen molar-refractivity contribution >= 4 is 22.6 Å². The van der Waals surface area contributed by atoms with Crippen molar-refractivity contribution in [1.82, 2.24) is 5.32 Å². The van der Waals surface area contributed by atoms with E-state index in [4.69, 9.17) is 5.73 Å². The van der Waals surface area contributed by atoms with E-state index < -0.39 is 24.0 Å². The fourth-order valence-corrected chi connectivity index (χ4v) is 2.73. The number of nitrogens with one attached hydrogen (secondary N) is 1. The number of amides is 2. The molecular formula is C19H24N2O3. The number of hydrogen-bond acceptors (Lipinski definition) is 3. The summed E-state index contributed by atoms with van der Waals surface area (Å²) in [6, 6.07) is 12.8. The first-order chi connectivity index (χ1) is 11.4. The Kier molecular flexibility index (Phi) is 5.93. The highest BCUT2D eigenvalue weighted by Gasteiger charge is 2.24. The van der Waals surface area contributed by atoms with Gasteiger partial charge in [0.2, 0.25) is 11.8 Å². The van der Waals surface area contributed by atoms with Crippen molar-refractivity contribution in [3.63, 3.8) is 0 Å². The molecule has 0 heterocycles. The van der Waals surface area contributed by atoms with E-state index in [-0.39, 0.29) is 12.3 Å². The predicted molar refractivity (Wildman–Crippen MR) is 94.2 cm³/mol. The SMILES string of the molecule is CC(C)C[C@H](O)C(=O)N[C@@H](Cc1cccc2ccccc12)C(N)=O. The van der Waals surface area contributed by atoms with Crippen molar-refractivity contribution in [1.29, 1.82) is 0 Å². The Hall–Kier alpha value is -2.40. The normalized spacial score (nSPS) is 13.7. The molecule has 0 aromatic heterocycles. The van der Waals surface area contributed by atoms with Gasteiger partial charge in [-0.15, -0.1) is 0 Å². The van der Waals surface area contributed by atoms with Gasteiger partial charge in [0, 0.05) is 6.42 Å². The number of carbonyl (C=O) groups excluding carboxylic acids is 2. The third-order valence-corrected chi connectivity index (χ3v) is 3.96. The van der Waals surface area contributed by atoms with E-state index in [9.17, 15) is 14.7 Å². The molecule has 24 heavy (non-hydrogen) atoms. The van der Waals surface area contributed by atoms with Crippen LogP contribution in [0.2, 0.25) is 0 Å². The zero-order chi connectivity index (χ0) is 17.7. The van der Waals surface area contributed by atoms with E-state index in [2.05, 4.69) is 5.32 Å². The highest BCUT2D eigenvalue weighted by Crippen LogP contribution is 2.20. The Morgan fingerprint density at radius 3 is 2.46 bits per heavy atom. The Bertz CT molecular complexity index is 722. The van der Waals surface area contributed by atoms with E-state index in [0.29, 0.717) is 6.42 Å². The predicted octanol–water partition coefficient (Wildman–Crippen LogP) is 1.76. The molecule has 5 nitrogen and oxygen atoms in total. The van der Waals surface area contributed by atoms with Crippen LogP contribution in [0.4, 0.5) is 0 Å². The maximum atomic E-state index is 12.1. The van der Waals surface area contributed by atoms with Gasteiger partial charge < -0.3 is 16.2 Å². The van der Waals surface area contributed by atoms with Gasteiger partial charge in [0.15, 0.2) is 0 Å². The van der Waals surface area contributed by atoms with Crippen LogP contribution in [-0.2, 0) is 16.0 Å². The first-order valence-corrected chi connectivity index (χ1v) is 8.13. The number of aliphatic hydroxyl groups excluding tert-OH is 1. The van der Waals surface area contributed by atoms with Gasteiger partial charge in [-0.25, -0.2) is 0 Å². The lowest BCUT2D eigenvalue weighted by Crippen LogP contribution is -2.49. The van der Waals surface area contributed by atoms with Gasteiger partial charge in [-0.3, -0.25) is 9.59 Å². The maximum Gasteiger partial charge on any atom is 0.249 e. The van der Waals surface area contributed by atoms with E-state index in [1.165, 1.54) is 0 Å². The average Bonchev–Trinajstić information content (AvgIpc) is 2.53. The molecule has 0 bridgehead atoms.